The summed E-state index contributed by atoms with van der Waals surface area (Å²) in [5.74, 6) is -0.598. The number of carbonyl (C=O) groups excluding carboxylic acids is 1. The number of H-pyrrole nitrogens is 1. The molecule has 0 aliphatic rings. The Balaban J connectivity index is 1.49. The zero-order valence-electron chi connectivity index (χ0n) is 19.3. The van der Waals surface area contributed by atoms with Gasteiger partial charge in [0, 0.05) is 11.1 Å². The summed E-state index contributed by atoms with van der Waals surface area (Å²) in [6, 6.07) is 18.9. The minimum Gasteiger partial charge on any atom is -0.870 e. The number of nitro groups is 1. The summed E-state index contributed by atoms with van der Waals surface area (Å²) in [5.41, 5.74) is 3.57. The van der Waals surface area contributed by atoms with Gasteiger partial charge in [-0.05, 0) is 53.7 Å². The zero-order chi connectivity index (χ0) is 26.4. The summed E-state index contributed by atoms with van der Waals surface area (Å²) in [6.07, 6.45) is 1.04. The lowest BCUT2D eigenvalue weighted by atomic mass is 10.2. The highest BCUT2D eigenvalue weighted by Gasteiger charge is 2.24. The quantitative estimate of drug-likeness (QED) is 0.109. The number of thioether (sulfide) groups is 1. The molecule has 0 aliphatic carbocycles. The Hall–Kier alpha value is -4.42. The van der Waals surface area contributed by atoms with E-state index in [1.54, 1.807) is 12.1 Å². The van der Waals surface area contributed by atoms with E-state index in [-0.39, 0.29) is 22.8 Å². The van der Waals surface area contributed by atoms with Crippen molar-refractivity contribution in [3.63, 3.8) is 0 Å². The van der Waals surface area contributed by atoms with Crippen LogP contribution < -0.4 is 19.8 Å². The number of hydrogen-bond acceptors (Lipinski definition) is 8. The first kappa shape index (κ1) is 25.7. The molecule has 0 saturated heterocycles. The molecule has 1 aromatic heterocycles. The number of non-ortho nitro benzene ring substituents is 1. The van der Waals surface area contributed by atoms with Crippen molar-refractivity contribution in [2.75, 3.05) is 12.9 Å². The number of nitrogens with zero attached hydrogens (tertiary/aromatic N) is 4. The molecule has 1 heterocycles. The van der Waals surface area contributed by atoms with Crippen LogP contribution in [-0.4, -0.2) is 40.1 Å². The predicted octanol–water partition coefficient (Wildman–Crippen LogP) is 3.24. The molecule has 0 atom stereocenters. The number of carbonyl (C=O) groups is 1. The van der Waals surface area contributed by atoms with Crippen LogP contribution in [0.4, 0.5) is 5.69 Å². The molecule has 0 saturated carbocycles. The van der Waals surface area contributed by atoms with Gasteiger partial charge < -0.3 is 9.84 Å². The number of hydrogen-bond donors (Lipinski definition) is 2. The summed E-state index contributed by atoms with van der Waals surface area (Å²) in [5, 5.41) is 35.7. The van der Waals surface area contributed by atoms with Gasteiger partial charge in [0.05, 0.1) is 40.7 Å². The summed E-state index contributed by atoms with van der Waals surface area (Å²) < 4.78 is 6.77. The minimum atomic E-state index is -0.654. The topological polar surface area (TPSA) is 149 Å². The van der Waals surface area contributed by atoms with Gasteiger partial charge in [-0.2, -0.15) is 9.67 Å². The number of para-hydroxylation sites is 1. The van der Waals surface area contributed by atoms with Gasteiger partial charge in [-0.15, -0.1) is 5.10 Å². The van der Waals surface area contributed by atoms with Crippen LogP contribution in [0.3, 0.4) is 0 Å². The Kier molecular flexibility index (Phi) is 8.01. The highest BCUT2D eigenvalue weighted by atomic mass is 35.5. The van der Waals surface area contributed by atoms with E-state index in [4.69, 9.17) is 16.3 Å². The van der Waals surface area contributed by atoms with Crippen molar-refractivity contribution in [3.05, 3.63) is 87.4 Å². The van der Waals surface area contributed by atoms with Crippen LogP contribution in [0.5, 0.6) is 11.5 Å². The van der Waals surface area contributed by atoms with Gasteiger partial charge in [0.2, 0.25) is 0 Å². The standard InChI is InChI=1S/C24H19ClN6O5S/c1-36-20-12-19(31(34)35)11-16(22(20)33)13-26-27-21(32)14-37-24-29-28-23(15-7-9-17(25)10-8-15)30(24)18-5-3-2-4-6-18/h2-13H,14H2,1H3,(H2,26,27,32,33). The Labute approximate surface area is 219 Å². The normalized spacial score (nSPS) is 11.0. The van der Waals surface area contributed by atoms with Crippen molar-refractivity contribution >= 4 is 41.2 Å². The molecule has 188 valence electrons. The first-order valence-electron chi connectivity index (χ1n) is 10.7. The number of ether oxygens (including phenoxy) is 1. The Morgan fingerprint density at radius 3 is 2.65 bits per heavy atom. The second kappa shape index (κ2) is 11.5. The van der Waals surface area contributed by atoms with Crippen LogP contribution in [0, 0.1) is 10.1 Å². The maximum atomic E-state index is 12.4. The Bertz CT molecular complexity index is 1460. The van der Waals surface area contributed by atoms with Crippen molar-refractivity contribution in [1.82, 2.24) is 15.6 Å². The van der Waals surface area contributed by atoms with E-state index in [9.17, 15) is 20.0 Å². The highest BCUT2D eigenvalue weighted by molar-refractivity contribution is 7.99. The second-order valence-electron chi connectivity index (χ2n) is 7.44. The molecule has 0 aliphatic heterocycles. The van der Waals surface area contributed by atoms with Gasteiger partial charge in [0.25, 0.3) is 17.4 Å². The highest BCUT2D eigenvalue weighted by Crippen LogP contribution is 2.31. The second-order valence-corrected chi connectivity index (χ2v) is 8.82. The van der Waals surface area contributed by atoms with Gasteiger partial charge in [0.15, 0.2) is 0 Å². The number of hydrazone groups is 1. The fraction of sp³-hybridized carbons (Fsp3) is 0.0833. The average molecular weight is 539 g/mol. The molecule has 4 rings (SSSR count). The van der Waals surface area contributed by atoms with Gasteiger partial charge in [-0.25, -0.2) is 5.43 Å². The molecule has 0 bridgehead atoms. The van der Waals surface area contributed by atoms with Crippen molar-refractivity contribution in [3.8, 4) is 28.6 Å². The number of aromatic amines is 1. The van der Waals surface area contributed by atoms with Crippen LogP contribution in [0.25, 0.3) is 17.1 Å². The Morgan fingerprint density at radius 1 is 1.24 bits per heavy atom. The van der Waals surface area contributed by atoms with E-state index in [0.29, 0.717) is 16.0 Å². The van der Waals surface area contributed by atoms with Gasteiger partial charge in [0.1, 0.15) is 11.4 Å². The largest absolute Gasteiger partial charge is 0.870 e. The first-order chi connectivity index (χ1) is 17.9. The number of rotatable bonds is 9. The predicted molar refractivity (Wildman–Crippen MR) is 136 cm³/mol. The third kappa shape index (κ3) is 6.05. The van der Waals surface area contributed by atoms with Crippen LogP contribution in [0.2, 0.25) is 5.02 Å². The lowest BCUT2D eigenvalue weighted by Gasteiger charge is -2.14. The van der Waals surface area contributed by atoms with Crippen molar-refractivity contribution in [2.45, 2.75) is 5.16 Å². The molecular formula is C24H19ClN6O5S. The maximum absolute atomic E-state index is 12.4. The van der Waals surface area contributed by atoms with Crippen LogP contribution in [0.1, 0.15) is 5.56 Å². The molecule has 0 radical (unpaired) electrons. The lowest BCUT2D eigenvalue weighted by Crippen LogP contribution is -2.34. The third-order valence-corrected chi connectivity index (χ3v) is 6.22. The van der Waals surface area contributed by atoms with Gasteiger partial charge in [-0.1, -0.05) is 35.5 Å². The van der Waals surface area contributed by atoms with Crippen LogP contribution in [0.15, 0.2) is 77.0 Å². The van der Waals surface area contributed by atoms with Gasteiger partial charge in [-0.3, -0.25) is 14.9 Å². The van der Waals surface area contributed by atoms with Crippen molar-refractivity contribution in [2.24, 2.45) is 5.10 Å². The minimum absolute atomic E-state index is 0.0441. The van der Waals surface area contributed by atoms with Crippen LogP contribution in [-0.2, 0) is 4.79 Å². The Morgan fingerprint density at radius 2 is 1.97 bits per heavy atom. The molecule has 3 aromatic carbocycles. The van der Waals surface area contributed by atoms with E-state index < -0.39 is 16.6 Å². The number of nitrogens with one attached hydrogen (secondary N) is 2. The monoisotopic (exact) mass is 538 g/mol. The van der Waals surface area contributed by atoms with E-state index in [2.05, 4.69) is 20.7 Å². The fourth-order valence-electron chi connectivity index (χ4n) is 3.31. The molecular weight excluding hydrogens is 520 g/mol. The number of benzene rings is 3. The molecule has 0 unspecified atom stereocenters. The molecule has 0 spiro atoms. The van der Waals surface area contributed by atoms with E-state index in [1.165, 1.54) is 18.9 Å². The van der Waals surface area contributed by atoms with Crippen LogP contribution >= 0.6 is 23.4 Å². The number of nitro benzene ring substituents is 1. The van der Waals surface area contributed by atoms with E-state index in [0.717, 1.165) is 29.6 Å². The summed E-state index contributed by atoms with van der Waals surface area (Å²) >= 11 is 7.19. The third-order valence-electron chi connectivity index (χ3n) is 5.03. The SMILES string of the molecule is COc1cc([N+](=O)[O-])cc(/C=N/NC(=O)CSc2n[nH]c(-c3ccc(Cl)cc3)[n+]2-c2ccccc2)c1[O-]. The molecule has 4 aromatic rings. The molecule has 13 heteroatoms. The summed E-state index contributed by atoms with van der Waals surface area (Å²) in [4.78, 5) is 22.9. The fourth-order valence-corrected chi connectivity index (χ4v) is 4.20. The number of methoxy groups -OCH3 is 1. The molecule has 37 heavy (non-hydrogen) atoms. The average Bonchev–Trinajstić information content (AvgIpc) is 3.33. The van der Waals surface area contributed by atoms with E-state index in [1.807, 2.05) is 47.0 Å². The van der Waals surface area contributed by atoms with Crippen molar-refractivity contribution < 1.29 is 24.1 Å². The van der Waals surface area contributed by atoms with E-state index >= 15 is 0 Å². The molecule has 0 fully saturated rings. The molecule has 1 amide bonds. The maximum Gasteiger partial charge on any atom is 0.342 e. The summed E-state index contributed by atoms with van der Waals surface area (Å²) in [6.45, 7) is 0. The lowest BCUT2D eigenvalue weighted by molar-refractivity contribution is -0.625. The molecule has 11 nitrogen and oxygen atoms in total. The smallest absolute Gasteiger partial charge is 0.342 e. The summed E-state index contributed by atoms with van der Waals surface area (Å²) in [7, 11) is 1.23. The van der Waals surface area contributed by atoms with Gasteiger partial charge >= 0.3 is 5.16 Å². The number of halogens is 1. The van der Waals surface area contributed by atoms with Crippen molar-refractivity contribution in [1.29, 1.82) is 0 Å². The first-order valence-corrected chi connectivity index (χ1v) is 12.0. The number of aromatic nitrogens is 3. The molecule has 2 N–H and O–H groups in total. The zero-order valence-corrected chi connectivity index (χ0v) is 20.8. The number of amides is 1.